The van der Waals surface area contributed by atoms with E-state index in [-0.39, 0.29) is 0 Å². The lowest BCUT2D eigenvalue weighted by atomic mass is 10.2. The van der Waals surface area contributed by atoms with Gasteiger partial charge in [-0.25, -0.2) is 4.79 Å². The van der Waals surface area contributed by atoms with Gasteiger partial charge in [0.1, 0.15) is 11.5 Å². The van der Waals surface area contributed by atoms with E-state index in [2.05, 4.69) is 5.32 Å². The minimum Gasteiger partial charge on any atom is -0.495 e. The highest BCUT2D eigenvalue weighted by molar-refractivity contribution is 6.31. The van der Waals surface area contributed by atoms with Crippen molar-refractivity contribution >= 4 is 35.2 Å². The third-order valence-corrected chi connectivity index (χ3v) is 3.43. The summed E-state index contributed by atoms with van der Waals surface area (Å²) < 4.78 is 15.1. The maximum atomic E-state index is 11.9. The van der Waals surface area contributed by atoms with Gasteiger partial charge in [0.15, 0.2) is 6.61 Å². The van der Waals surface area contributed by atoms with Crippen LogP contribution in [0, 0.1) is 6.92 Å². The van der Waals surface area contributed by atoms with Crippen molar-refractivity contribution < 1.29 is 23.5 Å². The van der Waals surface area contributed by atoms with E-state index in [4.69, 9.17) is 25.5 Å². The predicted molar refractivity (Wildman–Crippen MR) is 90.1 cm³/mol. The zero-order valence-electron chi connectivity index (χ0n) is 13.2. The van der Waals surface area contributed by atoms with Gasteiger partial charge in [-0.15, -0.1) is 0 Å². The summed E-state index contributed by atoms with van der Waals surface area (Å²) in [6.07, 6.45) is 4.12. The van der Waals surface area contributed by atoms with Crippen LogP contribution in [0.3, 0.4) is 0 Å². The molecule has 7 heteroatoms. The maximum Gasteiger partial charge on any atom is 0.331 e. The second kappa shape index (κ2) is 8.21. The van der Waals surface area contributed by atoms with Crippen molar-refractivity contribution in [3.05, 3.63) is 53.0 Å². The van der Waals surface area contributed by atoms with Gasteiger partial charge in [0.25, 0.3) is 5.91 Å². The first kappa shape index (κ1) is 17.6. The Bertz CT molecular complexity index is 753. The van der Waals surface area contributed by atoms with Gasteiger partial charge in [0.2, 0.25) is 0 Å². The second-order valence-electron chi connectivity index (χ2n) is 4.81. The molecule has 0 atom stereocenters. The van der Waals surface area contributed by atoms with E-state index < -0.39 is 18.5 Å². The number of nitrogens with one attached hydrogen (secondary N) is 1. The van der Waals surface area contributed by atoms with E-state index in [0.717, 1.165) is 5.56 Å². The molecule has 1 N–H and O–H groups in total. The van der Waals surface area contributed by atoms with Crippen LogP contribution in [0.15, 0.2) is 41.0 Å². The molecular formula is C17H16ClNO5. The number of carbonyl (C=O) groups excluding carboxylic acids is 2. The zero-order valence-corrected chi connectivity index (χ0v) is 13.9. The normalized spacial score (nSPS) is 10.6. The number of benzene rings is 1. The van der Waals surface area contributed by atoms with Crippen LogP contribution < -0.4 is 10.1 Å². The Hall–Kier alpha value is -2.73. The zero-order chi connectivity index (χ0) is 17.5. The van der Waals surface area contributed by atoms with Gasteiger partial charge >= 0.3 is 5.97 Å². The SMILES string of the molecule is COc1cc(Cl)c(C)cc1NC(=O)COC(=O)/C=C/c1ccco1. The fourth-order valence-corrected chi connectivity index (χ4v) is 1.99. The summed E-state index contributed by atoms with van der Waals surface area (Å²) in [4.78, 5) is 23.4. The third-order valence-electron chi connectivity index (χ3n) is 3.03. The molecule has 24 heavy (non-hydrogen) atoms. The molecule has 1 heterocycles. The molecule has 0 aliphatic rings. The quantitative estimate of drug-likeness (QED) is 0.638. The number of methoxy groups -OCH3 is 1. The lowest BCUT2D eigenvalue weighted by Gasteiger charge is -2.12. The van der Waals surface area contributed by atoms with Crippen molar-refractivity contribution in [3.63, 3.8) is 0 Å². The first-order chi connectivity index (χ1) is 11.5. The number of furan rings is 1. The molecule has 0 aliphatic heterocycles. The Kier molecular flexibility index (Phi) is 6.03. The summed E-state index contributed by atoms with van der Waals surface area (Å²) in [6, 6.07) is 6.66. The molecule has 2 aromatic rings. The topological polar surface area (TPSA) is 77.8 Å². The van der Waals surface area contributed by atoms with Gasteiger partial charge in [-0.1, -0.05) is 11.6 Å². The number of halogens is 1. The summed E-state index contributed by atoms with van der Waals surface area (Å²) >= 11 is 6.00. The van der Waals surface area contributed by atoms with Gasteiger partial charge < -0.3 is 19.2 Å². The van der Waals surface area contributed by atoms with Crippen LogP contribution in [0.5, 0.6) is 5.75 Å². The molecule has 1 aromatic heterocycles. The molecule has 1 amide bonds. The van der Waals surface area contributed by atoms with Crippen LogP contribution in [0.1, 0.15) is 11.3 Å². The Labute approximate surface area is 144 Å². The fourth-order valence-electron chi connectivity index (χ4n) is 1.84. The predicted octanol–water partition coefficient (Wildman–Crippen LogP) is 3.45. The largest absolute Gasteiger partial charge is 0.495 e. The number of hydrogen-bond acceptors (Lipinski definition) is 5. The van der Waals surface area contributed by atoms with Crippen molar-refractivity contribution in [2.75, 3.05) is 19.0 Å². The molecule has 0 fully saturated rings. The lowest BCUT2D eigenvalue weighted by molar-refractivity contribution is -0.142. The van der Waals surface area contributed by atoms with Crippen LogP contribution in [0.25, 0.3) is 6.08 Å². The van der Waals surface area contributed by atoms with E-state index in [1.54, 1.807) is 31.2 Å². The average Bonchev–Trinajstić information content (AvgIpc) is 3.07. The Morgan fingerprint density at radius 2 is 2.17 bits per heavy atom. The number of ether oxygens (including phenoxy) is 2. The number of anilines is 1. The number of rotatable bonds is 6. The molecule has 0 saturated carbocycles. The third kappa shape index (κ3) is 4.89. The van der Waals surface area contributed by atoms with Gasteiger partial charge in [0.05, 0.1) is 19.1 Å². The lowest BCUT2D eigenvalue weighted by Crippen LogP contribution is -2.20. The van der Waals surface area contributed by atoms with Crippen LogP contribution in [0.4, 0.5) is 5.69 Å². The smallest absolute Gasteiger partial charge is 0.331 e. The minimum absolute atomic E-state index is 0.419. The van der Waals surface area contributed by atoms with E-state index in [1.165, 1.54) is 25.5 Å². The summed E-state index contributed by atoms with van der Waals surface area (Å²) in [5.41, 5.74) is 1.23. The first-order valence-corrected chi connectivity index (χ1v) is 7.39. The van der Waals surface area contributed by atoms with Gasteiger partial charge in [-0.05, 0) is 36.8 Å². The van der Waals surface area contributed by atoms with Gasteiger partial charge in [-0.3, -0.25) is 4.79 Å². The molecule has 0 saturated heterocycles. The van der Waals surface area contributed by atoms with Crippen molar-refractivity contribution in [2.24, 2.45) is 0 Å². The summed E-state index contributed by atoms with van der Waals surface area (Å²) in [5, 5.41) is 3.14. The van der Waals surface area contributed by atoms with Crippen LogP contribution in [-0.2, 0) is 14.3 Å². The Balaban J connectivity index is 1.89. The Morgan fingerprint density at radius 3 is 2.83 bits per heavy atom. The maximum absolute atomic E-state index is 11.9. The molecule has 6 nitrogen and oxygen atoms in total. The van der Waals surface area contributed by atoms with Crippen LogP contribution in [0.2, 0.25) is 5.02 Å². The number of amides is 1. The van der Waals surface area contributed by atoms with Crippen molar-refractivity contribution in [2.45, 2.75) is 6.92 Å². The number of aryl methyl sites for hydroxylation is 1. The van der Waals surface area contributed by atoms with E-state index in [0.29, 0.717) is 22.2 Å². The number of carbonyl (C=O) groups is 2. The van der Waals surface area contributed by atoms with Crippen molar-refractivity contribution in [3.8, 4) is 5.75 Å². The van der Waals surface area contributed by atoms with Crippen molar-refractivity contribution in [1.82, 2.24) is 0 Å². The highest BCUT2D eigenvalue weighted by atomic mass is 35.5. The second-order valence-corrected chi connectivity index (χ2v) is 5.21. The fraction of sp³-hybridized carbons (Fsp3) is 0.176. The van der Waals surface area contributed by atoms with E-state index in [1.807, 2.05) is 0 Å². The molecule has 0 spiro atoms. The molecule has 126 valence electrons. The molecule has 0 radical (unpaired) electrons. The monoisotopic (exact) mass is 349 g/mol. The standard InChI is InChI=1S/C17H16ClNO5/c1-11-8-14(15(22-2)9-13(11)18)19-16(20)10-24-17(21)6-5-12-4-3-7-23-12/h3-9H,10H2,1-2H3,(H,19,20)/b6-5+. The summed E-state index contributed by atoms with van der Waals surface area (Å²) in [7, 11) is 1.47. The first-order valence-electron chi connectivity index (χ1n) is 7.02. The molecule has 0 bridgehead atoms. The molecule has 0 unspecified atom stereocenters. The Morgan fingerprint density at radius 1 is 1.38 bits per heavy atom. The minimum atomic E-state index is -0.652. The molecule has 0 aliphatic carbocycles. The molecular weight excluding hydrogens is 334 g/mol. The van der Waals surface area contributed by atoms with Crippen LogP contribution >= 0.6 is 11.6 Å². The van der Waals surface area contributed by atoms with Crippen molar-refractivity contribution in [1.29, 1.82) is 0 Å². The molecule has 2 rings (SSSR count). The van der Waals surface area contributed by atoms with Crippen LogP contribution in [-0.4, -0.2) is 25.6 Å². The number of hydrogen-bond donors (Lipinski definition) is 1. The summed E-state index contributed by atoms with van der Waals surface area (Å²) in [5.74, 6) is -0.212. The average molecular weight is 350 g/mol. The number of esters is 1. The molecule has 1 aromatic carbocycles. The highest BCUT2D eigenvalue weighted by Gasteiger charge is 2.11. The van der Waals surface area contributed by atoms with Gasteiger partial charge in [-0.2, -0.15) is 0 Å². The van der Waals surface area contributed by atoms with E-state index in [9.17, 15) is 9.59 Å². The highest BCUT2D eigenvalue weighted by Crippen LogP contribution is 2.30. The summed E-state index contributed by atoms with van der Waals surface area (Å²) in [6.45, 7) is 1.38. The van der Waals surface area contributed by atoms with E-state index >= 15 is 0 Å². The van der Waals surface area contributed by atoms with Gasteiger partial charge in [0, 0.05) is 17.2 Å².